The van der Waals surface area contributed by atoms with Gasteiger partial charge in [0.15, 0.2) is 5.69 Å². The molecule has 0 fully saturated rings. The van der Waals surface area contributed by atoms with E-state index < -0.39 is 5.97 Å². The van der Waals surface area contributed by atoms with Crippen molar-refractivity contribution in [3.8, 4) is 33.8 Å². The molecule has 0 aliphatic carbocycles. The lowest BCUT2D eigenvalue weighted by atomic mass is 9.97. The molecule has 4 aromatic rings. The second-order valence-corrected chi connectivity index (χ2v) is 7.87. The Morgan fingerprint density at radius 2 is 1.65 bits per heavy atom. The number of halogens is 3. The number of carbonyl (C=O) groups is 1. The van der Waals surface area contributed by atoms with Gasteiger partial charge in [-0.25, -0.2) is 9.48 Å². The quantitative estimate of drug-likeness (QED) is 0.343. The molecule has 31 heavy (non-hydrogen) atoms. The second kappa shape index (κ2) is 8.63. The number of benzene rings is 3. The smallest absolute Gasteiger partial charge is 0.357 e. The summed E-state index contributed by atoms with van der Waals surface area (Å²) in [6.45, 7) is 0. The van der Waals surface area contributed by atoms with Crippen LogP contribution in [-0.2, 0) is 0 Å². The monoisotopic (exact) mass is 472 g/mol. The highest BCUT2D eigenvalue weighted by atomic mass is 35.5. The Bertz CT molecular complexity index is 1280. The molecule has 1 heterocycles. The summed E-state index contributed by atoms with van der Waals surface area (Å²) in [4.78, 5) is 12.2. The molecule has 0 spiro atoms. The molecule has 0 radical (unpaired) electrons. The molecule has 0 aliphatic heterocycles. The molecule has 0 saturated carbocycles. The highest BCUT2D eigenvalue weighted by Gasteiger charge is 2.28. The predicted molar refractivity (Wildman–Crippen MR) is 123 cm³/mol. The van der Waals surface area contributed by atoms with Crippen molar-refractivity contribution in [3.63, 3.8) is 0 Å². The maximum Gasteiger partial charge on any atom is 0.357 e. The van der Waals surface area contributed by atoms with Crippen LogP contribution in [0.25, 0.3) is 28.1 Å². The Hall–Kier alpha value is -2.99. The van der Waals surface area contributed by atoms with Crippen molar-refractivity contribution in [2.24, 2.45) is 0 Å². The van der Waals surface area contributed by atoms with Crippen molar-refractivity contribution in [1.29, 1.82) is 0 Å². The summed E-state index contributed by atoms with van der Waals surface area (Å²) in [5.41, 5.74) is 2.57. The Morgan fingerprint density at radius 3 is 2.29 bits per heavy atom. The molecule has 0 aliphatic rings. The molecule has 5 nitrogen and oxygen atoms in total. The molecular formula is C23H15Cl3N2O3. The van der Waals surface area contributed by atoms with Gasteiger partial charge in [-0.2, -0.15) is 5.10 Å². The van der Waals surface area contributed by atoms with Crippen molar-refractivity contribution in [2.75, 3.05) is 7.11 Å². The highest BCUT2D eigenvalue weighted by Crippen LogP contribution is 2.42. The summed E-state index contributed by atoms with van der Waals surface area (Å²) >= 11 is 18.6. The van der Waals surface area contributed by atoms with Crippen LogP contribution in [0.15, 0.2) is 66.7 Å². The number of hydrogen-bond donors (Lipinski definition) is 1. The lowest BCUT2D eigenvalue weighted by Gasteiger charge is -2.13. The number of methoxy groups -OCH3 is 1. The van der Waals surface area contributed by atoms with Crippen LogP contribution in [0.4, 0.5) is 0 Å². The molecule has 4 rings (SSSR count). The Labute approximate surface area is 193 Å². The molecular weight excluding hydrogens is 459 g/mol. The van der Waals surface area contributed by atoms with Crippen molar-refractivity contribution in [3.05, 3.63) is 87.5 Å². The number of ether oxygens (including phenoxy) is 1. The predicted octanol–water partition coefficient (Wildman–Crippen LogP) is 6.87. The zero-order valence-corrected chi connectivity index (χ0v) is 18.4. The first-order valence-electron chi connectivity index (χ1n) is 9.11. The van der Waals surface area contributed by atoms with Crippen LogP contribution in [0.5, 0.6) is 5.75 Å². The molecule has 8 heteroatoms. The highest BCUT2D eigenvalue weighted by molar-refractivity contribution is 6.35. The third-order valence-corrected chi connectivity index (χ3v) is 5.51. The fraction of sp³-hybridized carbons (Fsp3) is 0.0435. The SMILES string of the molecule is COc1ccccc1-c1c(C(=O)O)nn(-c2ccc(Cl)cc2Cl)c1-c1ccc(Cl)cc1. The van der Waals surface area contributed by atoms with E-state index in [0.717, 1.165) is 0 Å². The van der Waals surface area contributed by atoms with Gasteiger partial charge in [-0.15, -0.1) is 0 Å². The van der Waals surface area contributed by atoms with Gasteiger partial charge >= 0.3 is 5.97 Å². The largest absolute Gasteiger partial charge is 0.496 e. The van der Waals surface area contributed by atoms with Gasteiger partial charge in [0.05, 0.1) is 23.5 Å². The minimum Gasteiger partial charge on any atom is -0.496 e. The third-order valence-electron chi connectivity index (χ3n) is 4.72. The van der Waals surface area contributed by atoms with Crippen LogP contribution in [0.3, 0.4) is 0 Å². The first kappa shape index (κ1) is 21.2. The van der Waals surface area contributed by atoms with Crippen molar-refractivity contribution >= 4 is 40.8 Å². The number of nitrogens with zero attached hydrogens (tertiary/aromatic N) is 2. The van der Waals surface area contributed by atoms with Gasteiger partial charge < -0.3 is 9.84 Å². The zero-order valence-electron chi connectivity index (χ0n) is 16.1. The van der Waals surface area contributed by atoms with E-state index in [1.165, 1.54) is 11.8 Å². The first-order chi connectivity index (χ1) is 14.9. The number of carboxylic acids is 1. The van der Waals surface area contributed by atoms with E-state index >= 15 is 0 Å². The van der Waals surface area contributed by atoms with E-state index in [9.17, 15) is 9.90 Å². The Balaban J connectivity index is 2.14. The van der Waals surface area contributed by atoms with Crippen LogP contribution < -0.4 is 4.74 Å². The minimum atomic E-state index is -1.18. The number of aromatic nitrogens is 2. The van der Waals surface area contributed by atoms with Gasteiger partial charge in [0.1, 0.15) is 5.75 Å². The van der Waals surface area contributed by atoms with Gasteiger partial charge in [-0.1, -0.05) is 65.1 Å². The van der Waals surface area contributed by atoms with Gasteiger partial charge in [-0.3, -0.25) is 0 Å². The van der Waals surface area contributed by atoms with E-state index in [-0.39, 0.29) is 5.69 Å². The molecule has 0 atom stereocenters. The molecule has 1 aromatic heterocycles. The topological polar surface area (TPSA) is 64.3 Å². The van der Waals surface area contributed by atoms with Gasteiger partial charge in [-0.05, 0) is 36.4 Å². The normalized spacial score (nSPS) is 10.8. The summed E-state index contributed by atoms with van der Waals surface area (Å²) in [6, 6.07) is 19.1. The average Bonchev–Trinajstić information content (AvgIpc) is 3.14. The maximum absolute atomic E-state index is 12.2. The van der Waals surface area contributed by atoms with Crippen LogP contribution in [0, 0.1) is 0 Å². The van der Waals surface area contributed by atoms with Crippen molar-refractivity contribution in [2.45, 2.75) is 0 Å². The lowest BCUT2D eigenvalue weighted by molar-refractivity contribution is 0.0691. The molecule has 0 bridgehead atoms. The van der Waals surface area contributed by atoms with Crippen molar-refractivity contribution in [1.82, 2.24) is 9.78 Å². The fourth-order valence-electron chi connectivity index (χ4n) is 3.38. The fourth-order valence-corrected chi connectivity index (χ4v) is 3.99. The summed E-state index contributed by atoms with van der Waals surface area (Å²) in [7, 11) is 1.53. The van der Waals surface area contributed by atoms with E-state index in [4.69, 9.17) is 39.5 Å². The number of hydrogen-bond acceptors (Lipinski definition) is 3. The summed E-state index contributed by atoms with van der Waals surface area (Å²) < 4.78 is 7.01. The number of carboxylic acid groups (broad SMARTS) is 1. The summed E-state index contributed by atoms with van der Waals surface area (Å²) in [5, 5.41) is 15.7. The van der Waals surface area contributed by atoms with E-state index in [0.29, 0.717) is 48.9 Å². The number of para-hydroxylation sites is 1. The molecule has 3 aromatic carbocycles. The van der Waals surface area contributed by atoms with Crippen LogP contribution >= 0.6 is 34.8 Å². The van der Waals surface area contributed by atoms with Crippen LogP contribution in [0.2, 0.25) is 15.1 Å². The number of rotatable bonds is 5. The summed E-state index contributed by atoms with van der Waals surface area (Å²) in [6.07, 6.45) is 0. The average molecular weight is 474 g/mol. The maximum atomic E-state index is 12.2. The van der Waals surface area contributed by atoms with Crippen molar-refractivity contribution < 1.29 is 14.6 Å². The van der Waals surface area contributed by atoms with E-state index in [1.807, 2.05) is 12.1 Å². The van der Waals surface area contributed by atoms with Gasteiger partial charge in [0.25, 0.3) is 0 Å². The first-order valence-corrected chi connectivity index (χ1v) is 10.2. The molecule has 0 saturated heterocycles. The summed E-state index contributed by atoms with van der Waals surface area (Å²) in [5.74, 6) is -0.665. The van der Waals surface area contributed by atoms with Crippen LogP contribution in [0.1, 0.15) is 10.5 Å². The van der Waals surface area contributed by atoms with Gasteiger partial charge in [0, 0.05) is 26.7 Å². The van der Waals surface area contributed by atoms with E-state index in [2.05, 4.69) is 5.10 Å². The van der Waals surface area contributed by atoms with Gasteiger partial charge in [0.2, 0.25) is 0 Å². The molecule has 0 amide bonds. The second-order valence-electron chi connectivity index (χ2n) is 6.59. The minimum absolute atomic E-state index is 0.138. The standard InChI is InChI=1S/C23H15Cl3N2O3/c1-31-19-5-3-2-4-16(19)20-21(23(29)30)27-28(18-11-10-15(25)12-17(18)26)22(20)13-6-8-14(24)9-7-13/h2-12H,1H3,(H,29,30). The number of aromatic carboxylic acids is 1. The molecule has 1 N–H and O–H groups in total. The third kappa shape index (κ3) is 4.00. The zero-order chi connectivity index (χ0) is 22.1. The van der Waals surface area contributed by atoms with E-state index in [1.54, 1.807) is 54.6 Å². The lowest BCUT2D eigenvalue weighted by Crippen LogP contribution is -2.03. The Morgan fingerprint density at radius 1 is 0.968 bits per heavy atom. The molecule has 156 valence electrons. The Kier molecular flexibility index (Phi) is 5.92. The van der Waals surface area contributed by atoms with Crippen LogP contribution in [-0.4, -0.2) is 28.0 Å². The molecule has 0 unspecified atom stereocenters.